The van der Waals surface area contributed by atoms with Gasteiger partial charge in [0.25, 0.3) is 0 Å². The monoisotopic (exact) mass is 174 g/mol. The molecule has 0 saturated heterocycles. The summed E-state index contributed by atoms with van der Waals surface area (Å²) in [5.41, 5.74) is 0. The van der Waals surface area contributed by atoms with Crippen LogP contribution >= 0.6 is 0 Å². The summed E-state index contributed by atoms with van der Waals surface area (Å²) in [6.45, 7) is 8.36. The second kappa shape index (κ2) is 98.3. The van der Waals surface area contributed by atoms with Crippen LogP contribution in [0, 0.1) is 10.8 Å². The largest absolute Gasteiger partial charge is 0.231 e. The number of carbonyl (C=O) groups excluding carboxylic acids is 2. The molecule has 0 bridgehead atoms. The van der Waals surface area contributed by atoms with Crippen LogP contribution in [0.1, 0.15) is 40.5 Å². The highest BCUT2D eigenvalue weighted by atomic mass is 16.1. The van der Waals surface area contributed by atoms with E-state index in [2.05, 4.69) is 13.8 Å². The number of unbranched alkanes of at least 4 members (excludes halogenated alkanes) is 1. The molecule has 0 aromatic carbocycles. The van der Waals surface area contributed by atoms with Gasteiger partial charge in [0.1, 0.15) is 0 Å². The quantitative estimate of drug-likeness (QED) is 0.473. The first-order chi connectivity index (χ1) is 5.74. The van der Waals surface area contributed by atoms with Crippen LogP contribution in [0.15, 0.2) is 0 Å². The average Bonchev–Trinajstić information content (AvgIpc) is 2.10. The van der Waals surface area contributed by atoms with Gasteiger partial charge in [-0.15, -0.1) is 0 Å². The maximum atomic E-state index is 8.35. The molecule has 0 aliphatic rings. The molecular weight excluding hydrogens is 156 g/mol. The molecule has 2 N–H and O–H groups in total. The molecule has 0 radical (unpaired) electrons. The molecule has 0 amide bonds. The van der Waals surface area contributed by atoms with E-state index in [4.69, 9.17) is 20.4 Å². The van der Waals surface area contributed by atoms with Gasteiger partial charge in [-0.2, -0.15) is 0 Å². The average molecular weight is 174 g/mol. The molecule has 4 nitrogen and oxygen atoms in total. The molecule has 0 rings (SSSR count). The van der Waals surface area contributed by atoms with E-state index in [1.54, 1.807) is 0 Å². The highest BCUT2D eigenvalue weighted by Crippen LogP contribution is 1.76. The van der Waals surface area contributed by atoms with Crippen LogP contribution in [0.25, 0.3) is 0 Å². The van der Waals surface area contributed by atoms with Crippen LogP contribution in [0.5, 0.6) is 0 Å². The molecule has 0 aliphatic carbocycles. The number of rotatable bonds is 1. The Kier molecular flexibility index (Phi) is 184. The summed E-state index contributed by atoms with van der Waals surface area (Å²) < 4.78 is 0. The van der Waals surface area contributed by atoms with Crippen LogP contribution in [0.3, 0.4) is 0 Å². The van der Waals surface area contributed by atoms with Gasteiger partial charge in [0.05, 0.1) is 0 Å². The molecule has 0 unspecified atom stereocenters. The zero-order valence-corrected chi connectivity index (χ0v) is 8.23. The minimum atomic E-state index is 0.750. The third-order valence-electron chi connectivity index (χ3n) is 0.500. The van der Waals surface area contributed by atoms with E-state index in [1.807, 2.05) is 13.8 Å². The summed E-state index contributed by atoms with van der Waals surface area (Å²) in [7, 11) is 0. The number of hydrogen-bond acceptors (Lipinski definition) is 4. The third-order valence-corrected chi connectivity index (χ3v) is 0.500. The Morgan fingerprint density at radius 2 is 1.00 bits per heavy atom. The molecule has 0 saturated carbocycles. The summed E-state index contributed by atoms with van der Waals surface area (Å²) in [6.07, 6.45) is 4.14. The standard InChI is InChI=1S/C4H10.C2H6.2CHNO/c1-3-4-2;1-2;2*2-1-3/h3-4H2,1-2H3;1-2H3;2*2H. The Morgan fingerprint density at radius 3 is 1.00 bits per heavy atom. The van der Waals surface area contributed by atoms with Gasteiger partial charge in [0, 0.05) is 0 Å². The predicted octanol–water partition coefficient (Wildman–Crippen LogP) is 2.63. The molecule has 0 aromatic heterocycles. The van der Waals surface area contributed by atoms with Crippen LogP contribution in [-0.2, 0) is 9.59 Å². The Morgan fingerprint density at radius 1 is 0.917 bits per heavy atom. The van der Waals surface area contributed by atoms with E-state index in [9.17, 15) is 0 Å². The van der Waals surface area contributed by atoms with Gasteiger partial charge in [-0.05, 0) is 0 Å². The van der Waals surface area contributed by atoms with Crippen molar-refractivity contribution >= 4 is 12.2 Å². The Labute approximate surface area is 74.0 Å². The molecule has 0 atom stereocenters. The minimum absolute atomic E-state index is 0.750. The highest BCUT2D eigenvalue weighted by Gasteiger charge is 1.56. The second-order valence-electron chi connectivity index (χ2n) is 1.20. The summed E-state index contributed by atoms with van der Waals surface area (Å²) in [5.74, 6) is 0. The van der Waals surface area contributed by atoms with Crippen molar-refractivity contribution in [3.8, 4) is 0 Å². The number of isocyanates is 2. The van der Waals surface area contributed by atoms with Gasteiger partial charge in [-0.3, -0.25) is 0 Å². The molecular formula is C8H18N2O2. The Bertz CT molecular complexity index is 87.6. The van der Waals surface area contributed by atoms with Crippen molar-refractivity contribution in [1.82, 2.24) is 0 Å². The molecule has 0 fully saturated rings. The van der Waals surface area contributed by atoms with Crippen molar-refractivity contribution in [2.75, 3.05) is 0 Å². The van der Waals surface area contributed by atoms with Crippen molar-refractivity contribution < 1.29 is 9.59 Å². The fourth-order valence-electron chi connectivity index (χ4n) is 0. The summed E-state index contributed by atoms with van der Waals surface area (Å²) in [6, 6.07) is 0. The molecule has 0 aromatic rings. The predicted molar refractivity (Wildman–Crippen MR) is 48.8 cm³/mol. The fraction of sp³-hybridized carbons (Fsp3) is 0.750. The summed E-state index contributed by atoms with van der Waals surface area (Å²) in [5, 5.41) is 10.8. The number of nitrogens with one attached hydrogen (secondary N) is 2. The molecule has 72 valence electrons. The smallest absolute Gasteiger partial charge is 0.222 e. The number of hydrogen-bond donors (Lipinski definition) is 2. The van der Waals surface area contributed by atoms with Gasteiger partial charge in [0.15, 0.2) is 0 Å². The Balaban J connectivity index is -0.0000000368. The zero-order valence-electron chi connectivity index (χ0n) is 8.23. The first kappa shape index (κ1) is 22.4. The third kappa shape index (κ3) is 9160. The van der Waals surface area contributed by atoms with Crippen molar-refractivity contribution in [2.45, 2.75) is 40.5 Å². The van der Waals surface area contributed by atoms with Crippen molar-refractivity contribution in [3.05, 3.63) is 0 Å². The Hall–Kier alpha value is -1.24. The fourth-order valence-corrected chi connectivity index (χ4v) is 0. The molecule has 0 heterocycles. The SMILES string of the molecule is CC.CCCC.N=C=O.N=C=O. The van der Waals surface area contributed by atoms with Crippen LogP contribution in [-0.4, -0.2) is 12.2 Å². The maximum Gasteiger partial charge on any atom is 0.231 e. The molecule has 0 aliphatic heterocycles. The van der Waals surface area contributed by atoms with E-state index in [0.29, 0.717) is 0 Å². The van der Waals surface area contributed by atoms with E-state index < -0.39 is 0 Å². The molecule has 0 spiro atoms. The normalized spacial score (nSPS) is 4.33. The maximum absolute atomic E-state index is 8.35. The van der Waals surface area contributed by atoms with Crippen molar-refractivity contribution in [1.29, 1.82) is 10.8 Å². The van der Waals surface area contributed by atoms with Gasteiger partial charge in [-0.1, -0.05) is 40.5 Å². The highest BCUT2D eigenvalue weighted by molar-refractivity contribution is 5.26. The lowest BCUT2D eigenvalue weighted by Gasteiger charge is -1.68. The second-order valence-corrected chi connectivity index (χ2v) is 1.20. The van der Waals surface area contributed by atoms with Gasteiger partial charge >= 0.3 is 0 Å². The van der Waals surface area contributed by atoms with E-state index >= 15 is 0 Å². The summed E-state index contributed by atoms with van der Waals surface area (Å²) >= 11 is 0. The molecule has 12 heavy (non-hydrogen) atoms. The van der Waals surface area contributed by atoms with Crippen molar-refractivity contribution in [2.24, 2.45) is 0 Å². The topological polar surface area (TPSA) is 81.8 Å². The van der Waals surface area contributed by atoms with E-state index in [-0.39, 0.29) is 0 Å². The minimum Gasteiger partial charge on any atom is -0.222 e. The van der Waals surface area contributed by atoms with Crippen LogP contribution < -0.4 is 0 Å². The first-order valence-electron chi connectivity index (χ1n) is 3.82. The lowest BCUT2D eigenvalue weighted by Crippen LogP contribution is -1.47. The summed E-state index contributed by atoms with van der Waals surface area (Å²) in [4.78, 5) is 16.7. The van der Waals surface area contributed by atoms with Crippen molar-refractivity contribution in [3.63, 3.8) is 0 Å². The van der Waals surface area contributed by atoms with E-state index in [1.165, 1.54) is 12.8 Å². The van der Waals surface area contributed by atoms with Crippen LogP contribution in [0.2, 0.25) is 0 Å². The molecule has 4 heteroatoms. The van der Waals surface area contributed by atoms with E-state index in [0.717, 1.165) is 12.2 Å². The lowest BCUT2D eigenvalue weighted by atomic mass is 10.4. The lowest BCUT2D eigenvalue weighted by molar-refractivity contribution is 0.562. The van der Waals surface area contributed by atoms with Gasteiger partial charge < -0.3 is 0 Å². The van der Waals surface area contributed by atoms with Gasteiger partial charge in [0.2, 0.25) is 12.2 Å². The zero-order chi connectivity index (χ0) is 10.8. The first-order valence-corrected chi connectivity index (χ1v) is 3.82. The van der Waals surface area contributed by atoms with Crippen LogP contribution in [0.4, 0.5) is 0 Å². The van der Waals surface area contributed by atoms with Gasteiger partial charge in [-0.25, -0.2) is 20.4 Å².